The Morgan fingerprint density at radius 2 is 2.38 bits per heavy atom. The van der Waals surface area contributed by atoms with E-state index in [1.807, 2.05) is 0 Å². The second kappa shape index (κ2) is 7.37. The van der Waals surface area contributed by atoms with Crippen molar-refractivity contribution in [2.24, 2.45) is 11.7 Å². The van der Waals surface area contributed by atoms with Crippen molar-refractivity contribution in [2.45, 2.75) is 12.5 Å². The normalized spacial score (nSPS) is 19.6. The minimum atomic E-state index is -0.753. The number of methoxy groups -OCH3 is 1. The highest BCUT2D eigenvalue weighted by Gasteiger charge is 2.29. The van der Waals surface area contributed by atoms with Crippen LogP contribution in [-0.2, 0) is 4.74 Å². The number of nitrogens with one attached hydrogen (secondary N) is 1. The van der Waals surface area contributed by atoms with Crippen LogP contribution in [0.5, 0.6) is 5.88 Å². The van der Waals surface area contributed by atoms with Gasteiger partial charge in [0.2, 0.25) is 11.8 Å². The third kappa shape index (κ3) is 3.57. The van der Waals surface area contributed by atoms with Crippen molar-refractivity contribution in [3.05, 3.63) is 29.8 Å². The second-order valence-corrected chi connectivity index (χ2v) is 5.75. The van der Waals surface area contributed by atoms with Crippen molar-refractivity contribution in [2.75, 3.05) is 25.6 Å². The fourth-order valence-electron chi connectivity index (χ4n) is 2.75. The molecule has 1 aliphatic heterocycles. The Balaban J connectivity index is 1.94. The van der Waals surface area contributed by atoms with Gasteiger partial charge in [0.25, 0.3) is 5.91 Å². The van der Waals surface area contributed by atoms with E-state index in [9.17, 15) is 14.4 Å². The van der Waals surface area contributed by atoms with Crippen molar-refractivity contribution in [3.63, 3.8) is 0 Å². The quantitative estimate of drug-likeness (QED) is 0.771. The van der Waals surface area contributed by atoms with E-state index in [1.165, 1.54) is 24.1 Å². The highest BCUT2D eigenvalue weighted by atomic mass is 19.1. The molecule has 136 valence electrons. The number of ether oxygens (including phenoxy) is 2. The Morgan fingerprint density at radius 1 is 1.58 bits per heavy atom. The van der Waals surface area contributed by atoms with Crippen LogP contribution in [0, 0.1) is 23.2 Å². The molecule has 1 aliphatic rings. The molecule has 3 N–H and O–H groups in total. The van der Waals surface area contributed by atoms with Crippen LogP contribution in [0.15, 0.2) is 18.3 Å². The summed E-state index contributed by atoms with van der Waals surface area (Å²) in [5.41, 5.74) is 5.83. The maximum Gasteiger partial charge on any atom is 0.254 e. The van der Waals surface area contributed by atoms with Gasteiger partial charge in [0.05, 0.1) is 31.7 Å². The number of nitrogens with two attached hydrogens (primary N) is 1. The lowest BCUT2D eigenvalue weighted by Gasteiger charge is -2.26. The number of nitrogens with zero attached hydrogens (tertiary/aromatic N) is 4. The van der Waals surface area contributed by atoms with Crippen LogP contribution in [0.2, 0.25) is 0 Å². The molecule has 26 heavy (non-hydrogen) atoms. The molecule has 2 aromatic rings. The summed E-state index contributed by atoms with van der Waals surface area (Å²) in [6, 6.07) is 4.48. The molecule has 1 fully saturated rings. The predicted octanol–water partition coefficient (Wildman–Crippen LogP) is 1.37. The molecule has 0 radical (unpaired) electrons. The van der Waals surface area contributed by atoms with Crippen molar-refractivity contribution < 1.29 is 18.7 Å². The maximum absolute atomic E-state index is 13.6. The molecule has 2 atom stereocenters. The van der Waals surface area contributed by atoms with Crippen LogP contribution < -0.4 is 15.8 Å². The third-order valence-electron chi connectivity index (χ3n) is 4.07. The Hall–Kier alpha value is -3.19. The van der Waals surface area contributed by atoms with Crippen molar-refractivity contribution in [1.82, 2.24) is 14.8 Å². The van der Waals surface area contributed by atoms with Crippen LogP contribution in [0.25, 0.3) is 0 Å². The summed E-state index contributed by atoms with van der Waals surface area (Å²) in [7, 11) is 1.36. The summed E-state index contributed by atoms with van der Waals surface area (Å²) < 4.78 is 25.4. The first-order valence-electron chi connectivity index (χ1n) is 7.86. The topological polar surface area (TPSA) is 128 Å². The Labute approximate surface area is 148 Å². The molecule has 9 nitrogen and oxygen atoms in total. The number of amides is 1. The summed E-state index contributed by atoms with van der Waals surface area (Å²) in [6.45, 7) is 0.801. The molecule has 2 aromatic heterocycles. The van der Waals surface area contributed by atoms with E-state index in [1.54, 1.807) is 0 Å². The first-order chi connectivity index (χ1) is 12.5. The predicted molar refractivity (Wildman–Crippen MR) is 88.4 cm³/mol. The number of nitriles is 1. The van der Waals surface area contributed by atoms with Gasteiger partial charge in [0, 0.05) is 30.6 Å². The van der Waals surface area contributed by atoms with Gasteiger partial charge in [-0.25, -0.2) is 0 Å². The molecule has 0 aromatic carbocycles. The highest BCUT2D eigenvalue weighted by Crippen LogP contribution is 2.29. The summed E-state index contributed by atoms with van der Waals surface area (Å²) >= 11 is 0. The summed E-state index contributed by atoms with van der Waals surface area (Å²) in [5.74, 6) is -1.54. The standard InChI is InChI=1S/C16H17FN6O3/c1-25-14-5-10(4-13(17)21-14)20-16-11(15(19)24)7-23(22-16)12-8-26-3-2-9(12)6-18/h4-5,7,9,12H,2-3,8H2,1H3,(H2,19,24)(H,20,21,22). The van der Waals surface area contributed by atoms with Gasteiger partial charge in [-0.1, -0.05) is 0 Å². The molecule has 3 rings (SSSR count). The van der Waals surface area contributed by atoms with Crippen LogP contribution in [0.4, 0.5) is 15.9 Å². The van der Waals surface area contributed by atoms with Gasteiger partial charge in [-0.2, -0.15) is 19.7 Å². The second-order valence-electron chi connectivity index (χ2n) is 5.75. The summed E-state index contributed by atoms with van der Waals surface area (Å²) in [4.78, 5) is 15.3. The Kier molecular flexibility index (Phi) is 4.99. The van der Waals surface area contributed by atoms with Gasteiger partial charge in [-0.15, -0.1) is 0 Å². The molecule has 2 unspecified atom stereocenters. The van der Waals surface area contributed by atoms with Gasteiger partial charge in [0.15, 0.2) is 5.82 Å². The molecule has 0 bridgehead atoms. The molecular formula is C16H17FN6O3. The van der Waals surface area contributed by atoms with E-state index < -0.39 is 11.9 Å². The van der Waals surface area contributed by atoms with Crippen LogP contribution in [0.3, 0.4) is 0 Å². The number of rotatable bonds is 5. The van der Waals surface area contributed by atoms with Gasteiger partial charge in [0.1, 0.15) is 5.56 Å². The van der Waals surface area contributed by atoms with Crippen molar-refractivity contribution >= 4 is 17.4 Å². The largest absolute Gasteiger partial charge is 0.481 e. The smallest absolute Gasteiger partial charge is 0.254 e. The Bertz CT molecular complexity index is 862. The first-order valence-corrected chi connectivity index (χ1v) is 7.86. The molecular weight excluding hydrogens is 343 g/mol. The minimum absolute atomic E-state index is 0.0674. The van der Waals surface area contributed by atoms with E-state index in [4.69, 9.17) is 15.2 Å². The monoisotopic (exact) mass is 360 g/mol. The average molecular weight is 360 g/mol. The molecule has 1 saturated heterocycles. The van der Waals surface area contributed by atoms with Gasteiger partial charge in [-0.05, 0) is 6.42 Å². The average Bonchev–Trinajstić information content (AvgIpc) is 3.05. The number of carbonyl (C=O) groups is 1. The van der Waals surface area contributed by atoms with Gasteiger partial charge >= 0.3 is 0 Å². The molecule has 1 amide bonds. The zero-order valence-corrected chi connectivity index (χ0v) is 14.0. The SMILES string of the molecule is COc1cc(Nc2nn(C3COCCC3C#N)cc2C(N)=O)cc(F)n1. The lowest BCUT2D eigenvalue weighted by molar-refractivity contribution is 0.0342. The first kappa shape index (κ1) is 17.6. The number of hydrogen-bond donors (Lipinski definition) is 2. The lowest BCUT2D eigenvalue weighted by atomic mass is 9.97. The number of halogens is 1. The summed E-state index contributed by atoms with van der Waals surface area (Å²) in [6.07, 6.45) is 2.03. The molecule has 3 heterocycles. The van der Waals surface area contributed by atoms with E-state index in [2.05, 4.69) is 21.5 Å². The zero-order valence-electron chi connectivity index (χ0n) is 14.0. The molecule has 0 aliphatic carbocycles. The number of aromatic nitrogens is 3. The zero-order chi connectivity index (χ0) is 18.7. The third-order valence-corrected chi connectivity index (χ3v) is 4.07. The fourth-order valence-corrected chi connectivity index (χ4v) is 2.75. The van der Waals surface area contributed by atoms with Crippen molar-refractivity contribution in [3.8, 4) is 11.9 Å². The molecule has 10 heteroatoms. The number of hydrogen-bond acceptors (Lipinski definition) is 7. The van der Waals surface area contributed by atoms with Crippen LogP contribution in [-0.4, -0.2) is 41.0 Å². The molecule has 0 saturated carbocycles. The number of anilines is 2. The number of carbonyl (C=O) groups excluding carboxylic acids is 1. The van der Waals surface area contributed by atoms with E-state index in [0.29, 0.717) is 25.3 Å². The summed E-state index contributed by atoms with van der Waals surface area (Å²) in [5, 5.41) is 16.5. The molecule has 0 spiro atoms. The van der Waals surface area contributed by atoms with Crippen LogP contribution in [0.1, 0.15) is 22.8 Å². The highest BCUT2D eigenvalue weighted by molar-refractivity contribution is 5.98. The van der Waals surface area contributed by atoms with Crippen LogP contribution >= 0.6 is 0 Å². The number of primary amides is 1. The lowest BCUT2D eigenvalue weighted by Crippen LogP contribution is -2.29. The van der Waals surface area contributed by atoms with Crippen molar-refractivity contribution in [1.29, 1.82) is 5.26 Å². The van der Waals surface area contributed by atoms with E-state index in [-0.39, 0.29) is 29.2 Å². The maximum atomic E-state index is 13.6. The Morgan fingerprint density at radius 3 is 3.08 bits per heavy atom. The minimum Gasteiger partial charge on any atom is -0.481 e. The number of pyridine rings is 1. The van der Waals surface area contributed by atoms with E-state index >= 15 is 0 Å². The van der Waals surface area contributed by atoms with Gasteiger partial charge in [-0.3, -0.25) is 9.48 Å². The van der Waals surface area contributed by atoms with E-state index in [0.717, 1.165) is 6.07 Å². The van der Waals surface area contributed by atoms with Gasteiger partial charge < -0.3 is 20.5 Å². The fraction of sp³-hybridized carbons (Fsp3) is 0.375.